The first-order valence-electron chi connectivity index (χ1n) is 5.35. The zero-order valence-electron chi connectivity index (χ0n) is 9.58. The molecule has 3 rings (SSSR count). The van der Waals surface area contributed by atoms with E-state index in [4.69, 9.17) is 0 Å². The number of anilines is 3. The average Bonchev–Trinajstić information content (AvgIpc) is 2.88. The Morgan fingerprint density at radius 3 is 2.89 bits per heavy atom. The second-order valence-electron chi connectivity index (χ2n) is 3.60. The molecule has 0 aliphatic heterocycles. The summed E-state index contributed by atoms with van der Waals surface area (Å²) in [4.78, 5) is 8.23. The van der Waals surface area contributed by atoms with Crippen LogP contribution in [0.1, 0.15) is 0 Å². The molecule has 0 aliphatic carbocycles. The first-order valence-corrected chi connectivity index (χ1v) is 6.08. The molecule has 18 heavy (non-hydrogen) atoms. The molecule has 0 fully saturated rings. The minimum absolute atomic E-state index is 0.717. The number of nitrogens with zero attached hydrogens (tertiary/aromatic N) is 4. The minimum atomic E-state index is 0.717. The van der Waals surface area contributed by atoms with Gasteiger partial charge >= 0.3 is 0 Å². The smallest absolute Gasteiger partial charge is 0.135 e. The zero-order chi connectivity index (χ0) is 12.4. The van der Waals surface area contributed by atoms with Crippen molar-refractivity contribution in [1.82, 2.24) is 18.7 Å². The highest BCUT2D eigenvalue weighted by atomic mass is 32.1. The van der Waals surface area contributed by atoms with Crippen LogP contribution < -0.4 is 10.6 Å². The van der Waals surface area contributed by atoms with Gasteiger partial charge in [-0.05, 0) is 12.1 Å². The Morgan fingerprint density at radius 1 is 1.11 bits per heavy atom. The fraction of sp³-hybridized carbons (Fsp3) is 0.0909. The maximum atomic E-state index is 4.27. The van der Waals surface area contributed by atoms with Crippen LogP contribution in [-0.4, -0.2) is 25.8 Å². The van der Waals surface area contributed by atoms with Gasteiger partial charge in [0.2, 0.25) is 0 Å². The molecule has 0 saturated heterocycles. The third-order valence-electron chi connectivity index (χ3n) is 2.47. The lowest BCUT2D eigenvalue weighted by Crippen LogP contribution is -1.98. The number of hydrogen-bond acceptors (Lipinski definition) is 7. The van der Waals surface area contributed by atoms with E-state index in [0.717, 1.165) is 28.4 Å². The van der Waals surface area contributed by atoms with Crippen molar-refractivity contribution in [2.45, 2.75) is 0 Å². The normalized spacial score (nSPS) is 10.5. The van der Waals surface area contributed by atoms with Gasteiger partial charge in [0.1, 0.15) is 29.0 Å². The van der Waals surface area contributed by atoms with E-state index in [1.54, 1.807) is 0 Å². The molecule has 0 atom stereocenters. The molecule has 3 aromatic rings. The molecule has 0 saturated carbocycles. The summed E-state index contributed by atoms with van der Waals surface area (Å²) in [5, 5.41) is 6.19. The zero-order valence-corrected chi connectivity index (χ0v) is 10.4. The second kappa shape index (κ2) is 4.53. The van der Waals surface area contributed by atoms with Crippen molar-refractivity contribution in [3.63, 3.8) is 0 Å². The molecule has 1 aromatic carbocycles. The molecule has 2 N–H and O–H groups in total. The van der Waals surface area contributed by atoms with Crippen LogP contribution in [0.25, 0.3) is 11.0 Å². The molecular weight excluding hydrogens is 248 g/mol. The minimum Gasteiger partial charge on any atom is -0.373 e. The predicted molar refractivity (Wildman–Crippen MR) is 72.3 cm³/mol. The van der Waals surface area contributed by atoms with Crippen LogP contribution in [0.3, 0.4) is 0 Å². The third kappa shape index (κ3) is 1.95. The quantitative estimate of drug-likeness (QED) is 0.750. The van der Waals surface area contributed by atoms with Gasteiger partial charge in [-0.15, -0.1) is 0 Å². The SMILES string of the molecule is CNc1cc(Nc2cccc3nsnc23)ncn1. The highest BCUT2D eigenvalue weighted by molar-refractivity contribution is 7.00. The molecule has 0 spiro atoms. The molecule has 0 unspecified atom stereocenters. The maximum absolute atomic E-state index is 4.27. The molecular formula is C11H10N6S. The van der Waals surface area contributed by atoms with Crippen LogP contribution in [0.5, 0.6) is 0 Å². The molecule has 6 nitrogen and oxygen atoms in total. The summed E-state index contributed by atoms with van der Waals surface area (Å²) < 4.78 is 8.47. The molecule has 0 amide bonds. The van der Waals surface area contributed by atoms with Crippen LogP contribution >= 0.6 is 11.7 Å². The molecule has 90 valence electrons. The number of rotatable bonds is 3. The number of nitrogens with one attached hydrogen (secondary N) is 2. The van der Waals surface area contributed by atoms with Gasteiger partial charge in [0.25, 0.3) is 0 Å². The van der Waals surface area contributed by atoms with Crippen LogP contribution in [-0.2, 0) is 0 Å². The average molecular weight is 258 g/mol. The predicted octanol–water partition coefficient (Wildman–Crippen LogP) is 2.27. The summed E-state index contributed by atoms with van der Waals surface area (Å²) in [6.45, 7) is 0. The fourth-order valence-electron chi connectivity index (χ4n) is 1.61. The lowest BCUT2D eigenvalue weighted by molar-refractivity contribution is 1.16. The first kappa shape index (κ1) is 10.8. The Bertz CT molecular complexity index is 680. The van der Waals surface area contributed by atoms with Gasteiger partial charge in [-0.3, -0.25) is 0 Å². The lowest BCUT2D eigenvalue weighted by atomic mass is 10.2. The summed E-state index contributed by atoms with van der Waals surface area (Å²) >= 11 is 1.20. The Labute approximate surface area is 107 Å². The molecule has 0 aliphatic rings. The van der Waals surface area contributed by atoms with Gasteiger partial charge in [-0.1, -0.05) is 6.07 Å². The molecule has 2 aromatic heterocycles. The Kier molecular flexibility index (Phi) is 2.73. The lowest BCUT2D eigenvalue weighted by Gasteiger charge is -2.06. The van der Waals surface area contributed by atoms with Crippen molar-refractivity contribution in [3.05, 3.63) is 30.6 Å². The highest BCUT2D eigenvalue weighted by Crippen LogP contribution is 2.24. The van der Waals surface area contributed by atoms with Crippen molar-refractivity contribution >= 4 is 40.1 Å². The Hall–Kier alpha value is -2.28. The van der Waals surface area contributed by atoms with Crippen molar-refractivity contribution in [3.8, 4) is 0 Å². The summed E-state index contributed by atoms with van der Waals surface area (Å²) in [7, 11) is 1.82. The standard InChI is InChI=1S/C11H10N6S/c1-12-9-5-10(14-6-13-9)15-7-3-2-4-8-11(7)17-18-16-8/h2-6H,1H3,(H2,12,13,14,15). The monoisotopic (exact) mass is 258 g/mol. The Balaban J connectivity index is 1.98. The van der Waals surface area contributed by atoms with E-state index in [2.05, 4.69) is 29.3 Å². The largest absolute Gasteiger partial charge is 0.373 e. The molecule has 0 bridgehead atoms. The van der Waals surface area contributed by atoms with E-state index < -0.39 is 0 Å². The summed E-state index contributed by atoms with van der Waals surface area (Å²) in [5.74, 6) is 1.48. The second-order valence-corrected chi connectivity index (χ2v) is 4.13. The van der Waals surface area contributed by atoms with Crippen LogP contribution in [0, 0.1) is 0 Å². The van der Waals surface area contributed by atoms with Crippen molar-refractivity contribution in [2.24, 2.45) is 0 Å². The van der Waals surface area contributed by atoms with E-state index in [1.807, 2.05) is 31.3 Å². The highest BCUT2D eigenvalue weighted by Gasteiger charge is 2.05. The summed E-state index contributed by atoms with van der Waals surface area (Å²) in [6, 6.07) is 7.65. The van der Waals surface area contributed by atoms with Crippen LogP contribution in [0.4, 0.5) is 17.3 Å². The van der Waals surface area contributed by atoms with Crippen molar-refractivity contribution < 1.29 is 0 Å². The van der Waals surface area contributed by atoms with Crippen LogP contribution in [0.2, 0.25) is 0 Å². The van der Waals surface area contributed by atoms with Gasteiger partial charge in [0.15, 0.2) is 0 Å². The van der Waals surface area contributed by atoms with Crippen LogP contribution in [0.15, 0.2) is 30.6 Å². The third-order valence-corrected chi connectivity index (χ3v) is 3.01. The van der Waals surface area contributed by atoms with E-state index >= 15 is 0 Å². The summed E-state index contributed by atoms with van der Waals surface area (Å²) in [6.07, 6.45) is 1.51. The van der Waals surface area contributed by atoms with E-state index in [0.29, 0.717) is 0 Å². The molecule has 7 heteroatoms. The fourth-order valence-corrected chi connectivity index (χ4v) is 2.16. The van der Waals surface area contributed by atoms with Gasteiger partial charge in [0.05, 0.1) is 17.4 Å². The van der Waals surface area contributed by atoms with Gasteiger partial charge < -0.3 is 10.6 Å². The van der Waals surface area contributed by atoms with E-state index in [-0.39, 0.29) is 0 Å². The van der Waals surface area contributed by atoms with Crippen molar-refractivity contribution in [2.75, 3.05) is 17.7 Å². The molecule has 0 radical (unpaired) electrons. The number of fused-ring (bicyclic) bond motifs is 1. The molecule has 2 heterocycles. The van der Waals surface area contributed by atoms with Gasteiger partial charge in [0, 0.05) is 13.1 Å². The maximum Gasteiger partial charge on any atom is 0.135 e. The van der Waals surface area contributed by atoms with Crippen molar-refractivity contribution in [1.29, 1.82) is 0 Å². The number of benzene rings is 1. The number of aromatic nitrogens is 4. The summed E-state index contributed by atoms with van der Waals surface area (Å²) in [5.41, 5.74) is 2.63. The topological polar surface area (TPSA) is 75.6 Å². The first-order chi connectivity index (χ1) is 8.86. The van der Waals surface area contributed by atoms with E-state index in [9.17, 15) is 0 Å². The van der Waals surface area contributed by atoms with Gasteiger partial charge in [-0.25, -0.2) is 9.97 Å². The van der Waals surface area contributed by atoms with E-state index in [1.165, 1.54) is 18.1 Å². The number of hydrogen-bond donors (Lipinski definition) is 2. The Morgan fingerprint density at radius 2 is 2.00 bits per heavy atom. The van der Waals surface area contributed by atoms with Gasteiger partial charge in [-0.2, -0.15) is 8.75 Å².